The molecule has 1 aliphatic rings. The minimum Gasteiger partial charge on any atom is -0.271 e. The average Bonchev–Trinajstić information content (AvgIpc) is 2.77. The summed E-state index contributed by atoms with van der Waals surface area (Å²) in [6.45, 7) is 2.05. The average molecular weight is 290 g/mol. The zero-order valence-electron chi connectivity index (χ0n) is 10.6. The molecule has 19 heavy (non-hydrogen) atoms. The van der Waals surface area contributed by atoms with Crippen molar-refractivity contribution in [3.8, 4) is 0 Å². The summed E-state index contributed by atoms with van der Waals surface area (Å²) in [6.07, 6.45) is -2.31. The third-order valence-electron chi connectivity index (χ3n) is 3.57. The monoisotopic (exact) mass is 290 g/mol. The third-order valence-corrected chi connectivity index (χ3v) is 5.17. The summed E-state index contributed by atoms with van der Waals surface area (Å²) in [5.74, 6) is 6.61. The molecule has 3 N–H and O–H groups in total. The Balaban J connectivity index is 2.33. The van der Waals surface area contributed by atoms with E-state index in [1.807, 2.05) is 0 Å². The summed E-state index contributed by atoms with van der Waals surface area (Å²) in [6, 6.07) is 5.13. The van der Waals surface area contributed by atoms with Crippen molar-refractivity contribution in [3.05, 3.63) is 35.4 Å². The van der Waals surface area contributed by atoms with Crippen LogP contribution in [0, 0.1) is 0 Å². The Morgan fingerprint density at radius 3 is 2.68 bits per heavy atom. The van der Waals surface area contributed by atoms with Gasteiger partial charge in [0.15, 0.2) is 0 Å². The van der Waals surface area contributed by atoms with Crippen LogP contribution in [0.25, 0.3) is 0 Å². The Hall–Kier alpha value is -0.720. The fourth-order valence-electron chi connectivity index (χ4n) is 2.55. The van der Waals surface area contributed by atoms with Crippen LogP contribution < -0.4 is 11.3 Å². The van der Waals surface area contributed by atoms with Gasteiger partial charge in [-0.05, 0) is 43.2 Å². The highest BCUT2D eigenvalue weighted by molar-refractivity contribution is 8.00. The zero-order valence-corrected chi connectivity index (χ0v) is 11.4. The first-order chi connectivity index (χ1) is 8.87. The van der Waals surface area contributed by atoms with Gasteiger partial charge in [0.25, 0.3) is 0 Å². The van der Waals surface area contributed by atoms with E-state index < -0.39 is 11.7 Å². The number of nitrogens with one attached hydrogen (secondary N) is 1. The van der Waals surface area contributed by atoms with Crippen molar-refractivity contribution in [2.24, 2.45) is 5.84 Å². The van der Waals surface area contributed by atoms with Gasteiger partial charge in [0.2, 0.25) is 0 Å². The van der Waals surface area contributed by atoms with Gasteiger partial charge in [-0.25, -0.2) is 0 Å². The van der Waals surface area contributed by atoms with E-state index in [0.717, 1.165) is 24.7 Å². The van der Waals surface area contributed by atoms with Gasteiger partial charge in [-0.15, -0.1) is 0 Å². The predicted molar refractivity (Wildman–Crippen MR) is 71.6 cm³/mol. The lowest BCUT2D eigenvalue weighted by Gasteiger charge is -2.33. The van der Waals surface area contributed by atoms with E-state index in [0.29, 0.717) is 5.56 Å². The lowest BCUT2D eigenvalue weighted by Crippen LogP contribution is -2.41. The number of hydrogen-bond acceptors (Lipinski definition) is 3. The Morgan fingerprint density at radius 1 is 1.42 bits per heavy atom. The van der Waals surface area contributed by atoms with Crippen LogP contribution >= 0.6 is 11.8 Å². The van der Waals surface area contributed by atoms with E-state index in [1.54, 1.807) is 17.8 Å². The van der Waals surface area contributed by atoms with Crippen LogP contribution in [0.3, 0.4) is 0 Å². The van der Waals surface area contributed by atoms with Gasteiger partial charge in [0.05, 0.1) is 11.6 Å². The normalized spacial score (nSPS) is 25.5. The second kappa shape index (κ2) is 5.34. The summed E-state index contributed by atoms with van der Waals surface area (Å²) < 4.78 is 38.1. The number of nitrogens with two attached hydrogens (primary N) is 1. The van der Waals surface area contributed by atoms with Gasteiger partial charge in [-0.3, -0.25) is 11.3 Å². The highest BCUT2D eigenvalue weighted by Gasteiger charge is 2.39. The van der Waals surface area contributed by atoms with Crippen LogP contribution in [0.4, 0.5) is 13.2 Å². The fraction of sp³-hybridized carbons (Fsp3) is 0.538. The molecule has 0 aromatic heterocycles. The lowest BCUT2D eigenvalue weighted by atomic mass is 9.90. The first-order valence-electron chi connectivity index (χ1n) is 6.14. The van der Waals surface area contributed by atoms with Crippen molar-refractivity contribution in [1.82, 2.24) is 5.43 Å². The maximum absolute atomic E-state index is 12.8. The molecule has 0 saturated carbocycles. The van der Waals surface area contributed by atoms with Gasteiger partial charge in [-0.1, -0.05) is 12.1 Å². The van der Waals surface area contributed by atoms with Gasteiger partial charge >= 0.3 is 6.18 Å². The van der Waals surface area contributed by atoms with Gasteiger partial charge in [0, 0.05) is 4.75 Å². The molecule has 106 valence electrons. The molecular formula is C13H17F3N2S. The van der Waals surface area contributed by atoms with Crippen LogP contribution in [0.5, 0.6) is 0 Å². The van der Waals surface area contributed by atoms with Crippen LogP contribution in [0.15, 0.2) is 24.3 Å². The molecule has 1 aromatic rings. The lowest BCUT2D eigenvalue weighted by molar-refractivity contribution is -0.137. The van der Waals surface area contributed by atoms with Crippen LogP contribution in [-0.4, -0.2) is 10.5 Å². The highest BCUT2D eigenvalue weighted by Crippen LogP contribution is 2.46. The molecule has 0 spiro atoms. The molecule has 2 nitrogen and oxygen atoms in total. The predicted octanol–water partition coefficient (Wildman–Crippen LogP) is 3.50. The molecule has 2 unspecified atom stereocenters. The summed E-state index contributed by atoms with van der Waals surface area (Å²) in [4.78, 5) is 0. The molecule has 1 heterocycles. The van der Waals surface area contributed by atoms with Gasteiger partial charge < -0.3 is 0 Å². The smallest absolute Gasteiger partial charge is 0.271 e. The van der Waals surface area contributed by atoms with Crippen LogP contribution in [0.2, 0.25) is 0 Å². The van der Waals surface area contributed by atoms with E-state index in [4.69, 9.17) is 5.84 Å². The first-order valence-corrected chi connectivity index (χ1v) is 7.12. The zero-order chi connectivity index (χ0) is 14.1. The Bertz CT molecular complexity index is 442. The van der Waals surface area contributed by atoms with Crippen molar-refractivity contribution in [2.45, 2.75) is 36.7 Å². The van der Waals surface area contributed by atoms with Crippen molar-refractivity contribution >= 4 is 11.8 Å². The molecule has 6 heteroatoms. The van der Waals surface area contributed by atoms with E-state index in [-0.39, 0.29) is 10.8 Å². The van der Waals surface area contributed by atoms with Gasteiger partial charge in [-0.2, -0.15) is 24.9 Å². The van der Waals surface area contributed by atoms with Crippen molar-refractivity contribution in [3.63, 3.8) is 0 Å². The molecule has 1 aromatic carbocycles. The minimum absolute atomic E-state index is 0.154. The minimum atomic E-state index is -4.32. The quantitative estimate of drug-likeness (QED) is 0.661. The molecular weight excluding hydrogens is 273 g/mol. The molecule has 0 bridgehead atoms. The maximum atomic E-state index is 12.8. The molecule has 0 aliphatic carbocycles. The summed E-state index contributed by atoms with van der Waals surface area (Å²) in [5.41, 5.74) is 2.66. The van der Waals surface area contributed by atoms with Crippen LogP contribution in [0.1, 0.15) is 36.9 Å². The number of thioether (sulfide) groups is 1. The second-order valence-electron chi connectivity index (χ2n) is 4.99. The third kappa shape index (κ3) is 3.07. The van der Waals surface area contributed by atoms with Crippen molar-refractivity contribution in [1.29, 1.82) is 0 Å². The molecule has 1 fully saturated rings. The number of hydrazine groups is 1. The van der Waals surface area contributed by atoms with E-state index in [9.17, 15) is 13.2 Å². The molecule has 0 radical (unpaired) electrons. The highest BCUT2D eigenvalue weighted by atomic mass is 32.2. The summed E-state index contributed by atoms with van der Waals surface area (Å²) >= 11 is 1.76. The Kier molecular flexibility index (Phi) is 4.13. The van der Waals surface area contributed by atoms with Crippen LogP contribution in [-0.2, 0) is 6.18 Å². The number of benzene rings is 1. The number of rotatable bonds is 3. The number of hydrogen-bond donors (Lipinski definition) is 2. The van der Waals surface area contributed by atoms with Gasteiger partial charge in [0.1, 0.15) is 0 Å². The van der Waals surface area contributed by atoms with E-state index in [2.05, 4.69) is 12.3 Å². The standard InChI is InChI=1S/C13H17F3N2S/c1-12(6-3-7-19-12)11(18-17)9-4-2-5-10(8-9)13(14,15)16/h2,4-5,8,11,18H,3,6-7,17H2,1H3. The molecule has 2 rings (SSSR count). The molecule has 1 saturated heterocycles. The molecule has 2 atom stereocenters. The maximum Gasteiger partial charge on any atom is 0.416 e. The largest absolute Gasteiger partial charge is 0.416 e. The number of halogens is 3. The van der Waals surface area contributed by atoms with Crippen molar-refractivity contribution in [2.75, 3.05) is 5.75 Å². The molecule has 1 aliphatic heterocycles. The van der Waals surface area contributed by atoms with E-state index >= 15 is 0 Å². The first kappa shape index (κ1) is 14.7. The number of alkyl halides is 3. The summed E-state index contributed by atoms with van der Waals surface area (Å²) in [5, 5.41) is 0. The SMILES string of the molecule is CC1(C(NN)c2cccc(C(F)(F)F)c2)CCCS1. The Morgan fingerprint density at radius 2 is 2.16 bits per heavy atom. The fourth-order valence-corrected chi connectivity index (χ4v) is 3.96. The second-order valence-corrected chi connectivity index (χ2v) is 6.62. The summed E-state index contributed by atoms with van der Waals surface area (Å²) in [7, 11) is 0. The Labute approximate surface area is 114 Å². The molecule has 0 amide bonds. The van der Waals surface area contributed by atoms with Crippen molar-refractivity contribution < 1.29 is 13.2 Å². The topological polar surface area (TPSA) is 38.0 Å². The van der Waals surface area contributed by atoms with E-state index in [1.165, 1.54) is 12.1 Å².